The van der Waals surface area contributed by atoms with Crippen LogP contribution >= 0.6 is 0 Å². The topological polar surface area (TPSA) is 155 Å². The first-order valence-corrected chi connectivity index (χ1v) is 20.9. The fourth-order valence-corrected chi connectivity index (χ4v) is 11.6. The van der Waals surface area contributed by atoms with Gasteiger partial charge in [0.1, 0.15) is 17.8 Å². The largest absolute Gasteiger partial charge is 0.455 e. The molecule has 280 valence electrons. The number of aliphatic hydroxyl groups excluding tert-OH is 1. The Hall–Kier alpha value is -3.68. The lowest BCUT2D eigenvalue weighted by Gasteiger charge is -2.68. The maximum Gasteiger partial charge on any atom is 0.338 e. The lowest BCUT2D eigenvalue weighted by molar-refractivity contribution is -0.344. The predicted molar refractivity (Wildman–Crippen MR) is 192 cm³/mol. The van der Waals surface area contributed by atoms with Crippen molar-refractivity contribution in [2.24, 2.45) is 16.7 Å². The van der Waals surface area contributed by atoms with Crippen LogP contribution in [0.3, 0.4) is 0 Å². The number of fused-ring (bicyclic) bond motifs is 5. The van der Waals surface area contributed by atoms with Gasteiger partial charge in [-0.15, -0.1) is 0 Å². The molecule has 2 aromatic rings. The molecule has 0 aromatic heterocycles. The lowest BCUT2D eigenvalue weighted by atomic mass is 9.44. The van der Waals surface area contributed by atoms with Crippen LogP contribution in [0.2, 0.25) is 13.1 Å². The molecule has 1 saturated heterocycles. The van der Waals surface area contributed by atoms with Gasteiger partial charge in [0, 0.05) is 31.6 Å². The third-order valence-electron chi connectivity index (χ3n) is 12.3. The molecule has 2 aromatic carbocycles. The van der Waals surface area contributed by atoms with Crippen LogP contribution in [0.25, 0.3) is 0 Å². The Morgan fingerprint density at radius 1 is 0.981 bits per heavy atom. The molecule has 6 rings (SSSR count). The monoisotopic (exact) mass is 734 g/mol. The number of Topliss-reactive ketones (excluding diaryl/α,β-unsaturated/α-hetero) is 1. The second-order valence-corrected chi connectivity index (χ2v) is 19.8. The number of hydrogen-bond donors (Lipinski definition) is 2. The zero-order chi connectivity index (χ0) is 38.0. The summed E-state index contributed by atoms with van der Waals surface area (Å²) in [6, 6.07) is 17.9. The van der Waals surface area contributed by atoms with Gasteiger partial charge < -0.3 is 33.6 Å². The Morgan fingerprint density at radius 3 is 2.15 bits per heavy atom. The van der Waals surface area contributed by atoms with Crippen LogP contribution in [-0.4, -0.2) is 90.6 Å². The number of rotatable bonds is 8. The van der Waals surface area contributed by atoms with Crippen molar-refractivity contribution >= 4 is 37.2 Å². The van der Waals surface area contributed by atoms with E-state index in [0.717, 1.165) is 5.19 Å². The molecule has 1 heterocycles. The van der Waals surface area contributed by atoms with E-state index in [1.807, 2.05) is 43.4 Å². The summed E-state index contributed by atoms with van der Waals surface area (Å²) in [5, 5.41) is 26.0. The average molecular weight is 735 g/mol. The minimum absolute atomic E-state index is 0.0397. The van der Waals surface area contributed by atoms with Crippen molar-refractivity contribution in [2.45, 2.75) is 116 Å². The van der Waals surface area contributed by atoms with E-state index in [-0.39, 0.29) is 37.0 Å². The van der Waals surface area contributed by atoms with Gasteiger partial charge in [0.25, 0.3) is 0 Å². The molecule has 2 saturated carbocycles. The molecule has 2 bridgehead atoms. The van der Waals surface area contributed by atoms with Gasteiger partial charge in [-0.25, -0.2) is 4.79 Å². The highest BCUT2D eigenvalue weighted by Crippen LogP contribution is 2.65. The summed E-state index contributed by atoms with van der Waals surface area (Å²) in [4.78, 5) is 56.3. The number of benzene rings is 2. The smallest absolute Gasteiger partial charge is 0.338 e. The van der Waals surface area contributed by atoms with Crippen LogP contribution in [0.4, 0.5) is 0 Å². The summed E-state index contributed by atoms with van der Waals surface area (Å²) in [5.74, 6) is -3.95. The zero-order valence-corrected chi connectivity index (χ0v) is 32.1. The normalized spacial score (nSPS) is 35.2. The highest BCUT2D eigenvalue weighted by molar-refractivity contribution is 6.84. The molecule has 0 amide bonds. The van der Waals surface area contributed by atoms with Gasteiger partial charge in [0.15, 0.2) is 17.5 Å². The molecule has 1 unspecified atom stereocenters. The van der Waals surface area contributed by atoms with Gasteiger partial charge in [-0.1, -0.05) is 69.3 Å². The van der Waals surface area contributed by atoms with Gasteiger partial charge >= 0.3 is 17.9 Å². The maximum absolute atomic E-state index is 15.8. The van der Waals surface area contributed by atoms with Crippen molar-refractivity contribution in [3.63, 3.8) is 0 Å². The third kappa shape index (κ3) is 5.78. The summed E-state index contributed by atoms with van der Waals surface area (Å²) in [7, 11) is -2.85. The number of ether oxygens (including phenoxy) is 4. The molecule has 1 aliphatic heterocycles. The second-order valence-electron chi connectivity index (χ2n) is 16.0. The predicted octanol–water partition coefficient (Wildman–Crippen LogP) is 4.18. The minimum Gasteiger partial charge on any atom is -0.455 e. The first-order chi connectivity index (χ1) is 24.3. The van der Waals surface area contributed by atoms with Crippen LogP contribution in [0, 0.1) is 16.7 Å². The number of ketones is 1. The molecule has 11 nitrogen and oxygen atoms in total. The zero-order valence-electron chi connectivity index (χ0n) is 31.1. The highest BCUT2D eigenvalue weighted by Gasteiger charge is 2.78. The van der Waals surface area contributed by atoms with Crippen LogP contribution in [0.5, 0.6) is 0 Å². The molecule has 3 aliphatic carbocycles. The van der Waals surface area contributed by atoms with E-state index in [1.54, 1.807) is 65.0 Å². The van der Waals surface area contributed by atoms with E-state index < -0.39 is 90.5 Å². The van der Waals surface area contributed by atoms with Gasteiger partial charge in [0.05, 0.1) is 35.7 Å². The van der Waals surface area contributed by atoms with Crippen molar-refractivity contribution in [3.05, 3.63) is 77.4 Å². The molecular formula is C40H50O11Si. The summed E-state index contributed by atoms with van der Waals surface area (Å²) in [5.41, 5.74) is -6.03. The Balaban J connectivity index is 1.67. The van der Waals surface area contributed by atoms with Crippen LogP contribution in [0.1, 0.15) is 71.2 Å². The molecule has 0 radical (unpaired) electrons. The molecule has 4 aliphatic rings. The Morgan fingerprint density at radius 2 is 1.60 bits per heavy atom. The fraction of sp³-hybridized carbons (Fsp3) is 0.550. The first kappa shape index (κ1) is 38.1. The van der Waals surface area contributed by atoms with Crippen molar-refractivity contribution in [3.8, 4) is 0 Å². The fourth-order valence-electron chi connectivity index (χ4n) is 9.37. The minimum atomic E-state index is -2.85. The number of hydrogen-bond acceptors (Lipinski definition) is 11. The van der Waals surface area contributed by atoms with Crippen LogP contribution in [-0.2, 0) is 37.8 Å². The quantitative estimate of drug-likeness (QED) is 0.174. The highest BCUT2D eigenvalue weighted by atomic mass is 28.4. The molecule has 2 N–H and O–H groups in total. The van der Waals surface area contributed by atoms with Gasteiger partial charge in [-0.3, -0.25) is 14.4 Å². The number of aliphatic hydroxyl groups is 2. The summed E-state index contributed by atoms with van der Waals surface area (Å²) in [6.07, 6.45) is -6.39. The molecular weight excluding hydrogens is 685 g/mol. The Labute approximate surface area is 305 Å². The van der Waals surface area contributed by atoms with Crippen molar-refractivity contribution in [2.75, 3.05) is 6.61 Å². The van der Waals surface area contributed by atoms with Crippen LogP contribution < -0.4 is 5.19 Å². The van der Waals surface area contributed by atoms with E-state index in [4.69, 9.17) is 23.4 Å². The summed E-state index contributed by atoms with van der Waals surface area (Å²) >= 11 is 0. The molecule has 9 atom stereocenters. The van der Waals surface area contributed by atoms with E-state index in [9.17, 15) is 24.6 Å². The van der Waals surface area contributed by atoms with E-state index in [2.05, 4.69) is 0 Å². The molecule has 52 heavy (non-hydrogen) atoms. The molecule has 12 heteroatoms. The number of carbonyl (C=O) groups excluding carboxylic acids is 4. The Bertz CT molecular complexity index is 1770. The number of carbonyl (C=O) groups is 4. The standard InChI is InChI=1S/C40H50O11Si/c1-9-30(43)48-32-31-23(2)27(42)21-40(46,37(31,4)5)35(49-36(45)25-16-12-10-13-17-25)33-38(6,34(32)44)28(20-29-39(33,22-47-29)50-24(3)41)51-52(7,8)26-18-14-11-15-19-26/h10-19,27-29,32-33,35,42,46H,9,20-22H2,1-8H3/t27-,28-,29+,32+,33?,35-,38+,39-,40+/m0/s1. The summed E-state index contributed by atoms with van der Waals surface area (Å²) in [6.45, 7) is 13.5. The SMILES string of the molecule is CCC(=O)O[C@H]1C(=O)[C@@]2(C)C([C@H](OC(=O)c3ccccc3)[C@]3(O)C[C@H](O)C(C)=C1C3(C)C)[C@]1(OC(C)=O)CO[C@@H]1C[C@@H]2O[Si](C)(C)c1ccccc1. The lowest BCUT2D eigenvalue weighted by Crippen LogP contribution is -2.82. The van der Waals surface area contributed by atoms with Crippen LogP contribution in [0.15, 0.2) is 71.8 Å². The van der Waals surface area contributed by atoms with E-state index >= 15 is 4.79 Å². The van der Waals surface area contributed by atoms with Gasteiger partial charge in [-0.2, -0.15) is 0 Å². The molecule has 3 fully saturated rings. The second kappa shape index (κ2) is 13.3. The van der Waals surface area contributed by atoms with Crippen molar-refractivity contribution < 1.29 is 52.8 Å². The van der Waals surface area contributed by atoms with Crippen molar-refractivity contribution in [1.29, 1.82) is 0 Å². The maximum atomic E-state index is 15.8. The van der Waals surface area contributed by atoms with Gasteiger partial charge in [-0.05, 0) is 55.4 Å². The average Bonchev–Trinajstić information content (AvgIpc) is 3.09. The first-order valence-electron chi connectivity index (χ1n) is 18.0. The van der Waals surface area contributed by atoms with E-state index in [0.29, 0.717) is 5.57 Å². The number of esters is 3. The van der Waals surface area contributed by atoms with Crippen molar-refractivity contribution in [1.82, 2.24) is 0 Å². The van der Waals surface area contributed by atoms with E-state index in [1.165, 1.54) is 6.92 Å². The third-order valence-corrected chi connectivity index (χ3v) is 14.9. The summed E-state index contributed by atoms with van der Waals surface area (Å²) < 4.78 is 32.1. The Kier molecular flexibility index (Phi) is 9.74. The van der Waals surface area contributed by atoms with Gasteiger partial charge in [0.2, 0.25) is 8.32 Å². The molecule has 0 spiro atoms.